The highest BCUT2D eigenvalue weighted by Crippen LogP contribution is 2.08. The summed E-state index contributed by atoms with van der Waals surface area (Å²) < 4.78 is 26.5. The Bertz CT molecular complexity index is 499. The van der Waals surface area contributed by atoms with E-state index < -0.39 is 32.4 Å². The monoisotopic (exact) mass is 233 g/mol. The van der Waals surface area contributed by atoms with Crippen LogP contribution in [0.4, 0.5) is 0 Å². The molecule has 1 N–H and O–H groups in total. The highest BCUT2D eigenvalue weighted by atomic mass is 32.2. The van der Waals surface area contributed by atoms with Crippen molar-refractivity contribution in [2.45, 2.75) is 6.92 Å². The van der Waals surface area contributed by atoms with Crippen LogP contribution in [0, 0.1) is 0 Å². The van der Waals surface area contributed by atoms with E-state index >= 15 is 0 Å². The lowest BCUT2D eigenvalue weighted by molar-refractivity contribution is 0.0651. The van der Waals surface area contributed by atoms with Gasteiger partial charge in [0.2, 0.25) is 15.6 Å². The first kappa shape index (κ1) is 11.4. The molecule has 0 aromatic carbocycles. The maximum atomic E-state index is 11.2. The van der Waals surface area contributed by atoms with Crippen LogP contribution in [0.3, 0.4) is 0 Å². The predicted octanol–water partition coefficient (Wildman–Crippen LogP) is -0.0523. The molecule has 0 radical (unpaired) electrons. The van der Waals surface area contributed by atoms with Gasteiger partial charge in [-0.1, -0.05) is 12.1 Å². The normalized spacial score (nSPS) is 11.3. The topological polar surface area (TPSA) is 115 Å². The number of carbonyl (C=O) groups excluding carboxylic acids is 1. The minimum Gasteiger partial charge on any atom is -0.475 e. The van der Waals surface area contributed by atoms with E-state index in [0.29, 0.717) is 0 Å². The third kappa shape index (κ3) is 2.21. The summed E-state index contributed by atoms with van der Waals surface area (Å²) in [7, 11) is -3.92. The summed E-state index contributed by atoms with van der Waals surface area (Å²) >= 11 is 0. The Balaban J connectivity index is 3.09. The van der Waals surface area contributed by atoms with Gasteiger partial charge in [-0.15, -0.1) is 0 Å². The van der Waals surface area contributed by atoms with Gasteiger partial charge in [-0.25, -0.2) is 13.2 Å². The summed E-state index contributed by atoms with van der Waals surface area (Å²) in [6.45, 7) is 1.30. The van der Waals surface area contributed by atoms with E-state index in [-0.39, 0.29) is 5.75 Å². The molecule has 0 fully saturated rings. The summed E-state index contributed by atoms with van der Waals surface area (Å²) in [5, 5.41) is 10.3. The highest BCUT2D eigenvalue weighted by molar-refractivity contribution is 8.06. The first-order chi connectivity index (χ1) is 6.88. The first-order valence-corrected chi connectivity index (χ1v) is 5.51. The molecular weight excluding hydrogens is 226 g/mol. The molecule has 0 saturated heterocycles. The molecule has 1 heterocycles. The van der Waals surface area contributed by atoms with E-state index in [2.05, 4.69) is 9.68 Å². The smallest absolute Gasteiger partial charge is 0.374 e. The third-order valence-corrected chi connectivity index (χ3v) is 3.13. The van der Waals surface area contributed by atoms with Crippen LogP contribution in [0.1, 0.15) is 28.0 Å². The van der Waals surface area contributed by atoms with Crippen molar-refractivity contribution in [3.63, 3.8) is 0 Å². The second kappa shape index (κ2) is 3.81. The van der Waals surface area contributed by atoms with E-state index in [1.807, 2.05) is 0 Å². The van der Waals surface area contributed by atoms with Crippen molar-refractivity contribution in [1.29, 1.82) is 0 Å². The molecule has 0 aliphatic carbocycles. The quantitative estimate of drug-likeness (QED) is 0.777. The molecule has 0 bridgehead atoms. The van der Waals surface area contributed by atoms with Crippen molar-refractivity contribution in [2.24, 2.45) is 0 Å². The van der Waals surface area contributed by atoms with E-state index in [0.717, 1.165) is 6.07 Å². The van der Waals surface area contributed by atoms with Crippen molar-refractivity contribution in [3.05, 3.63) is 17.5 Å². The third-order valence-electron chi connectivity index (χ3n) is 1.59. The van der Waals surface area contributed by atoms with Gasteiger partial charge >= 0.3 is 5.97 Å². The van der Waals surface area contributed by atoms with Crippen molar-refractivity contribution in [2.75, 3.05) is 5.75 Å². The summed E-state index contributed by atoms with van der Waals surface area (Å²) in [6.07, 6.45) is 0. The number of nitrogens with zero attached hydrogens (tertiary/aromatic N) is 1. The molecule has 1 aromatic rings. The van der Waals surface area contributed by atoms with Crippen molar-refractivity contribution >= 4 is 20.9 Å². The van der Waals surface area contributed by atoms with Crippen LogP contribution in [-0.2, 0) is 9.84 Å². The van der Waals surface area contributed by atoms with Gasteiger partial charge in [0.1, 0.15) is 0 Å². The second-order valence-corrected chi connectivity index (χ2v) is 4.75. The van der Waals surface area contributed by atoms with Gasteiger partial charge in [0.15, 0.2) is 5.69 Å². The fraction of sp³-hybridized carbons (Fsp3) is 0.286. The predicted molar refractivity (Wildman–Crippen MR) is 47.3 cm³/mol. The number of aromatic nitrogens is 1. The second-order valence-electron chi connectivity index (χ2n) is 2.57. The van der Waals surface area contributed by atoms with Crippen LogP contribution in [0.15, 0.2) is 10.6 Å². The SMILES string of the molecule is CCS(=O)(=O)C(=O)c1cc(C(=O)O)on1. The van der Waals surface area contributed by atoms with Gasteiger partial charge in [0.05, 0.1) is 5.75 Å². The molecule has 0 aliphatic heterocycles. The zero-order valence-electron chi connectivity index (χ0n) is 7.63. The first-order valence-electron chi connectivity index (χ1n) is 3.85. The van der Waals surface area contributed by atoms with Crippen LogP contribution in [0.25, 0.3) is 0 Å². The molecule has 1 rings (SSSR count). The molecule has 7 nitrogen and oxygen atoms in total. The molecule has 0 aliphatic rings. The lowest BCUT2D eigenvalue weighted by Crippen LogP contribution is -2.17. The van der Waals surface area contributed by atoms with Gasteiger partial charge in [0, 0.05) is 6.07 Å². The van der Waals surface area contributed by atoms with Gasteiger partial charge in [-0.3, -0.25) is 4.79 Å². The summed E-state index contributed by atoms with van der Waals surface area (Å²) in [5.74, 6) is -2.37. The molecule has 0 atom stereocenters. The Kier molecular flexibility index (Phi) is 2.89. The number of carbonyl (C=O) groups is 2. The van der Waals surface area contributed by atoms with Crippen LogP contribution < -0.4 is 0 Å². The van der Waals surface area contributed by atoms with Crippen molar-refractivity contribution in [1.82, 2.24) is 5.16 Å². The van der Waals surface area contributed by atoms with Gasteiger partial charge in [-0.05, 0) is 0 Å². The molecule has 8 heteroatoms. The summed E-state index contributed by atoms with van der Waals surface area (Å²) in [4.78, 5) is 21.6. The number of sulfone groups is 1. The average Bonchev–Trinajstić information content (AvgIpc) is 2.65. The molecule has 0 spiro atoms. The largest absolute Gasteiger partial charge is 0.475 e. The number of carboxylic acid groups (broad SMARTS) is 1. The molecule has 82 valence electrons. The van der Waals surface area contributed by atoms with Gasteiger partial charge in [0.25, 0.3) is 5.12 Å². The Morgan fingerprint density at radius 1 is 1.53 bits per heavy atom. The van der Waals surface area contributed by atoms with Crippen LogP contribution >= 0.6 is 0 Å². The van der Waals surface area contributed by atoms with Crippen LogP contribution in [0.5, 0.6) is 0 Å². The molecule has 0 saturated carbocycles. The fourth-order valence-corrected chi connectivity index (χ4v) is 1.44. The Morgan fingerprint density at radius 3 is 2.53 bits per heavy atom. The van der Waals surface area contributed by atoms with E-state index in [4.69, 9.17) is 5.11 Å². The fourth-order valence-electron chi connectivity index (χ4n) is 0.763. The molecule has 15 heavy (non-hydrogen) atoms. The lowest BCUT2D eigenvalue weighted by atomic mass is 10.4. The van der Waals surface area contributed by atoms with Crippen molar-refractivity contribution in [3.8, 4) is 0 Å². The number of hydrogen-bond donors (Lipinski definition) is 1. The standard InChI is InChI=1S/C7H7NO6S/c1-2-15(12,13)7(11)4-3-5(6(9)10)14-8-4/h3H,2H2,1H3,(H,9,10). The molecule has 0 amide bonds. The lowest BCUT2D eigenvalue weighted by Gasteiger charge is -1.93. The minimum atomic E-state index is -3.92. The zero-order chi connectivity index (χ0) is 11.6. The average molecular weight is 233 g/mol. The Hall–Kier alpha value is -1.70. The maximum absolute atomic E-state index is 11.2. The number of carboxylic acids is 1. The molecule has 1 aromatic heterocycles. The highest BCUT2D eigenvalue weighted by Gasteiger charge is 2.26. The molecular formula is C7H7NO6S. The van der Waals surface area contributed by atoms with Crippen LogP contribution in [-0.4, -0.2) is 35.5 Å². The number of rotatable bonds is 3. The van der Waals surface area contributed by atoms with Crippen LogP contribution in [0.2, 0.25) is 0 Å². The van der Waals surface area contributed by atoms with Gasteiger partial charge < -0.3 is 9.63 Å². The van der Waals surface area contributed by atoms with E-state index in [9.17, 15) is 18.0 Å². The van der Waals surface area contributed by atoms with Crippen molar-refractivity contribution < 1.29 is 27.6 Å². The molecule has 0 unspecified atom stereocenters. The zero-order valence-corrected chi connectivity index (χ0v) is 8.44. The Labute approximate surface area is 84.6 Å². The number of aromatic carboxylic acids is 1. The van der Waals surface area contributed by atoms with E-state index in [1.165, 1.54) is 6.92 Å². The van der Waals surface area contributed by atoms with E-state index in [1.54, 1.807) is 0 Å². The summed E-state index contributed by atoms with van der Waals surface area (Å²) in [5.41, 5.74) is -0.519. The Morgan fingerprint density at radius 2 is 2.13 bits per heavy atom. The maximum Gasteiger partial charge on any atom is 0.374 e. The number of hydrogen-bond acceptors (Lipinski definition) is 6. The minimum absolute atomic E-state index is 0.374. The summed E-state index contributed by atoms with van der Waals surface area (Å²) in [6, 6.07) is 0.776. The van der Waals surface area contributed by atoms with Gasteiger partial charge in [-0.2, -0.15) is 0 Å².